The highest BCUT2D eigenvalue weighted by molar-refractivity contribution is 5.91. The van der Waals surface area contributed by atoms with Crippen LogP contribution in [0.5, 0.6) is 0 Å². The van der Waals surface area contributed by atoms with E-state index < -0.39 is 0 Å². The first-order valence-electron chi connectivity index (χ1n) is 6.54. The molecule has 1 heterocycles. The van der Waals surface area contributed by atoms with Gasteiger partial charge in [0.15, 0.2) is 0 Å². The third kappa shape index (κ3) is 3.33. The van der Waals surface area contributed by atoms with Gasteiger partial charge in [0, 0.05) is 6.54 Å². The summed E-state index contributed by atoms with van der Waals surface area (Å²) < 4.78 is 4.83. The quantitative estimate of drug-likeness (QED) is 0.776. The number of ether oxygens (including phenoxy) is 1. The highest BCUT2D eigenvalue weighted by Gasteiger charge is 2.17. The number of carbonyl (C=O) groups is 1. The van der Waals surface area contributed by atoms with Gasteiger partial charge in [0.25, 0.3) is 0 Å². The van der Waals surface area contributed by atoms with Gasteiger partial charge in [-0.1, -0.05) is 12.1 Å². The zero-order chi connectivity index (χ0) is 13.7. The lowest BCUT2D eigenvalue weighted by Crippen LogP contribution is -2.20. The molecule has 2 rings (SSSR count). The standard InChI is InChI=1S/C15H18N2O2/c1-19-15(18)14-10-12(6-7-16)4-5-13(14)11-17-8-2-3-9-17/h4-5,10H,2-3,6,8-9,11H2,1H3. The summed E-state index contributed by atoms with van der Waals surface area (Å²) in [5.41, 5.74) is 2.42. The highest BCUT2D eigenvalue weighted by atomic mass is 16.5. The third-order valence-corrected chi connectivity index (χ3v) is 3.46. The number of carbonyl (C=O) groups excluding carboxylic acids is 1. The van der Waals surface area contributed by atoms with Gasteiger partial charge in [0.05, 0.1) is 25.2 Å². The molecular weight excluding hydrogens is 240 g/mol. The van der Waals surface area contributed by atoms with Crippen molar-refractivity contribution in [3.63, 3.8) is 0 Å². The molecule has 1 aliphatic rings. The van der Waals surface area contributed by atoms with Gasteiger partial charge in [-0.05, 0) is 43.1 Å². The first kappa shape index (κ1) is 13.6. The second-order valence-corrected chi connectivity index (χ2v) is 4.80. The van der Waals surface area contributed by atoms with Crippen LogP contribution in [0.4, 0.5) is 0 Å². The fraction of sp³-hybridized carbons (Fsp3) is 0.467. The Labute approximate surface area is 113 Å². The van der Waals surface area contributed by atoms with E-state index >= 15 is 0 Å². The second-order valence-electron chi connectivity index (χ2n) is 4.80. The third-order valence-electron chi connectivity index (χ3n) is 3.46. The van der Waals surface area contributed by atoms with Crippen LogP contribution < -0.4 is 0 Å². The zero-order valence-corrected chi connectivity index (χ0v) is 11.2. The summed E-state index contributed by atoms with van der Waals surface area (Å²) in [6, 6.07) is 7.74. The van der Waals surface area contributed by atoms with Gasteiger partial charge in [0.1, 0.15) is 0 Å². The number of hydrogen-bond donors (Lipinski definition) is 0. The maximum Gasteiger partial charge on any atom is 0.338 e. The normalized spacial score (nSPS) is 15.2. The van der Waals surface area contributed by atoms with Crippen molar-refractivity contribution in [2.24, 2.45) is 0 Å². The molecule has 4 nitrogen and oxygen atoms in total. The van der Waals surface area contributed by atoms with Crippen LogP contribution in [0.3, 0.4) is 0 Å². The van der Waals surface area contributed by atoms with Gasteiger partial charge in [-0.3, -0.25) is 4.90 Å². The fourth-order valence-corrected chi connectivity index (χ4v) is 2.44. The van der Waals surface area contributed by atoms with Crippen LogP contribution >= 0.6 is 0 Å². The van der Waals surface area contributed by atoms with Crippen molar-refractivity contribution in [3.8, 4) is 6.07 Å². The number of rotatable bonds is 4. The van der Waals surface area contributed by atoms with E-state index in [9.17, 15) is 4.79 Å². The maximum absolute atomic E-state index is 11.8. The molecule has 100 valence electrons. The lowest BCUT2D eigenvalue weighted by Gasteiger charge is -2.17. The molecular formula is C15H18N2O2. The number of hydrogen-bond acceptors (Lipinski definition) is 4. The van der Waals surface area contributed by atoms with Crippen molar-refractivity contribution in [1.29, 1.82) is 5.26 Å². The summed E-state index contributed by atoms with van der Waals surface area (Å²) in [4.78, 5) is 14.2. The minimum atomic E-state index is -0.325. The van der Waals surface area contributed by atoms with E-state index in [-0.39, 0.29) is 5.97 Å². The van der Waals surface area contributed by atoms with Crippen molar-refractivity contribution in [3.05, 3.63) is 34.9 Å². The first-order valence-corrected chi connectivity index (χ1v) is 6.54. The lowest BCUT2D eigenvalue weighted by molar-refractivity contribution is 0.0598. The van der Waals surface area contributed by atoms with E-state index in [1.807, 2.05) is 12.1 Å². The molecule has 0 amide bonds. The first-order chi connectivity index (χ1) is 9.24. The van der Waals surface area contributed by atoms with Gasteiger partial charge >= 0.3 is 5.97 Å². The number of esters is 1. The molecule has 0 aromatic heterocycles. The monoisotopic (exact) mass is 258 g/mol. The summed E-state index contributed by atoms with van der Waals surface area (Å²) in [6.45, 7) is 2.94. The minimum Gasteiger partial charge on any atom is -0.465 e. The summed E-state index contributed by atoms with van der Waals surface area (Å²) in [5, 5.41) is 8.73. The Morgan fingerprint density at radius 2 is 2.16 bits per heavy atom. The summed E-state index contributed by atoms with van der Waals surface area (Å²) in [5.74, 6) is -0.325. The van der Waals surface area contributed by atoms with E-state index in [2.05, 4.69) is 11.0 Å². The Hall–Kier alpha value is -1.86. The number of nitrogens with zero attached hydrogens (tertiary/aromatic N) is 2. The van der Waals surface area contributed by atoms with E-state index in [1.54, 1.807) is 6.07 Å². The fourth-order valence-electron chi connectivity index (χ4n) is 2.44. The number of nitriles is 1. The van der Waals surface area contributed by atoms with Gasteiger partial charge in [-0.25, -0.2) is 4.79 Å². The average Bonchev–Trinajstić information content (AvgIpc) is 2.93. The van der Waals surface area contributed by atoms with Crippen molar-refractivity contribution in [2.75, 3.05) is 20.2 Å². The predicted molar refractivity (Wildman–Crippen MR) is 71.6 cm³/mol. The Bertz CT molecular complexity index is 499. The van der Waals surface area contributed by atoms with Gasteiger partial charge < -0.3 is 4.74 Å². The van der Waals surface area contributed by atoms with Crippen LogP contribution in [0.1, 0.15) is 34.3 Å². The molecule has 4 heteroatoms. The van der Waals surface area contributed by atoms with E-state index in [1.165, 1.54) is 20.0 Å². The van der Waals surface area contributed by atoms with Crippen LogP contribution in [0.25, 0.3) is 0 Å². The number of likely N-dealkylation sites (tertiary alicyclic amines) is 1. The molecule has 1 aromatic rings. The molecule has 0 radical (unpaired) electrons. The Balaban J connectivity index is 2.25. The molecule has 1 saturated heterocycles. The predicted octanol–water partition coefficient (Wildman–Crippen LogP) is 2.14. The van der Waals surface area contributed by atoms with Gasteiger partial charge in [0.2, 0.25) is 0 Å². The molecule has 0 aliphatic carbocycles. The van der Waals surface area contributed by atoms with Crippen LogP contribution in [0.2, 0.25) is 0 Å². The summed E-state index contributed by atoms with van der Waals surface area (Å²) in [7, 11) is 1.39. The zero-order valence-electron chi connectivity index (χ0n) is 11.2. The van der Waals surface area contributed by atoms with E-state index in [0.29, 0.717) is 12.0 Å². The highest BCUT2D eigenvalue weighted by Crippen LogP contribution is 2.18. The van der Waals surface area contributed by atoms with Crippen LogP contribution in [-0.2, 0) is 17.7 Å². The van der Waals surface area contributed by atoms with Crippen LogP contribution in [0.15, 0.2) is 18.2 Å². The molecule has 0 unspecified atom stereocenters. The Kier molecular flexibility index (Phi) is 4.53. The minimum absolute atomic E-state index is 0.313. The maximum atomic E-state index is 11.8. The van der Waals surface area contributed by atoms with Gasteiger partial charge in [-0.2, -0.15) is 5.26 Å². The topological polar surface area (TPSA) is 53.3 Å². The Morgan fingerprint density at radius 1 is 1.42 bits per heavy atom. The molecule has 0 atom stereocenters. The molecule has 1 fully saturated rings. The smallest absolute Gasteiger partial charge is 0.338 e. The second kappa shape index (κ2) is 6.35. The molecule has 0 saturated carbocycles. The van der Waals surface area contributed by atoms with Crippen LogP contribution in [-0.4, -0.2) is 31.1 Å². The van der Waals surface area contributed by atoms with Crippen LogP contribution in [0, 0.1) is 11.3 Å². The SMILES string of the molecule is COC(=O)c1cc(CC#N)ccc1CN1CCCC1. The largest absolute Gasteiger partial charge is 0.465 e. The van der Waals surface area contributed by atoms with Gasteiger partial charge in [-0.15, -0.1) is 0 Å². The van der Waals surface area contributed by atoms with E-state index in [0.717, 1.165) is 30.8 Å². The summed E-state index contributed by atoms with van der Waals surface area (Å²) in [6.07, 6.45) is 2.76. The van der Waals surface area contributed by atoms with Crippen molar-refractivity contribution in [1.82, 2.24) is 4.90 Å². The molecule has 1 aromatic carbocycles. The lowest BCUT2D eigenvalue weighted by atomic mass is 10.0. The molecule has 0 spiro atoms. The van der Waals surface area contributed by atoms with Crippen molar-refractivity contribution < 1.29 is 9.53 Å². The number of methoxy groups -OCH3 is 1. The number of benzene rings is 1. The molecule has 0 bridgehead atoms. The Morgan fingerprint density at radius 3 is 2.79 bits per heavy atom. The van der Waals surface area contributed by atoms with Crippen molar-refractivity contribution in [2.45, 2.75) is 25.8 Å². The van der Waals surface area contributed by atoms with E-state index in [4.69, 9.17) is 10.00 Å². The molecule has 19 heavy (non-hydrogen) atoms. The summed E-state index contributed by atoms with van der Waals surface area (Å²) >= 11 is 0. The van der Waals surface area contributed by atoms with Crippen molar-refractivity contribution >= 4 is 5.97 Å². The molecule has 0 N–H and O–H groups in total. The average molecular weight is 258 g/mol. The molecule has 1 aliphatic heterocycles.